The number of aryl methyl sites for hydroxylation is 2. The van der Waals surface area contributed by atoms with E-state index in [1.165, 1.54) is 19.1 Å². The van der Waals surface area contributed by atoms with Crippen molar-refractivity contribution >= 4 is 5.91 Å². The Labute approximate surface area is 130 Å². The maximum absolute atomic E-state index is 12.6. The molecule has 0 saturated carbocycles. The van der Waals surface area contributed by atoms with Crippen LogP contribution in [0.1, 0.15) is 32.7 Å². The number of nitrogens with one attached hydrogen (secondary N) is 2. The van der Waals surface area contributed by atoms with Gasteiger partial charge >= 0.3 is 6.18 Å². The Balaban J connectivity index is 2.12. The summed E-state index contributed by atoms with van der Waals surface area (Å²) >= 11 is 0. The molecule has 2 rings (SSSR count). The summed E-state index contributed by atoms with van der Waals surface area (Å²) in [5, 5.41) is 2.53. The second-order valence-electron chi connectivity index (χ2n) is 5.21. The molecule has 1 aromatic carbocycles. The molecule has 0 fully saturated rings. The number of rotatable bonds is 3. The molecule has 2 aromatic rings. The van der Waals surface area contributed by atoms with Crippen LogP contribution in [0.25, 0.3) is 0 Å². The largest absolute Gasteiger partial charge is 0.416 e. The molecule has 0 atom stereocenters. The zero-order chi connectivity index (χ0) is 17.2. The molecule has 122 valence electrons. The van der Waals surface area contributed by atoms with E-state index in [-0.39, 0.29) is 12.1 Å². The van der Waals surface area contributed by atoms with Gasteiger partial charge in [0, 0.05) is 12.2 Å². The van der Waals surface area contributed by atoms with Crippen LogP contribution in [-0.4, -0.2) is 10.9 Å². The van der Waals surface area contributed by atoms with Crippen molar-refractivity contribution in [3.8, 4) is 0 Å². The minimum Gasteiger partial charge on any atom is -0.348 e. The number of carbonyl (C=O) groups is 1. The van der Waals surface area contributed by atoms with Crippen molar-refractivity contribution < 1.29 is 18.0 Å². The minimum atomic E-state index is -4.40. The first-order valence-electron chi connectivity index (χ1n) is 6.83. The van der Waals surface area contributed by atoms with Crippen molar-refractivity contribution in [1.82, 2.24) is 10.3 Å². The van der Waals surface area contributed by atoms with E-state index in [0.717, 1.165) is 12.1 Å². The number of carbonyl (C=O) groups excluding carboxylic acids is 1. The molecular weight excluding hydrogens is 309 g/mol. The van der Waals surface area contributed by atoms with Gasteiger partial charge in [0.25, 0.3) is 11.5 Å². The predicted octanol–water partition coefficient (Wildman–Crippen LogP) is 2.94. The van der Waals surface area contributed by atoms with Crippen molar-refractivity contribution in [2.75, 3.05) is 0 Å². The Morgan fingerprint density at radius 1 is 1.17 bits per heavy atom. The van der Waals surface area contributed by atoms with Crippen LogP contribution in [0, 0.1) is 13.8 Å². The molecule has 0 spiro atoms. The number of hydrogen-bond donors (Lipinski definition) is 2. The summed E-state index contributed by atoms with van der Waals surface area (Å²) in [5.41, 5.74) is 0.310. The van der Waals surface area contributed by atoms with Crippen molar-refractivity contribution in [2.45, 2.75) is 26.6 Å². The summed E-state index contributed by atoms with van der Waals surface area (Å²) < 4.78 is 37.8. The van der Waals surface area contributed by atoms with Crippen molar-refractivity contribution in [3.63, 3.8) is 0 Å². The normalized spacial score (nSPS) is 11.3. The molecule has 1 aromatic heterocycles. The molecule has 1 heterocycles. The minimum absolute atomic E-state index is 0.0378. The zero-order valence-electron chi connectivity index (χ0n) is 12.5. The van der Waals surface area contributed by atoms with E-state index in [0.29, 0.717) is 16.8 Å². The van der Waals surface area contributed by atoms with Crippen LogP contribution < -0.4 is 10.9 Å². The molecule has 0 saturated heterocycles. The lowest BCUT2D eigenvalue weighted by atomic mass is 10.0. The SMILES string of the molecule is Cc1ccc(C(=O)NCc2ccc(C(F)(F)F)cc2C)c(=O)[nH]1. The standard InChI is InChI=1S/C16H15F3N2O2/c1-9-7-12(16(17,18)19)5-4-11(9)8-20-14(22)13-6-3-10(2)21-15(13)23/h3-7H,8H2,1-2H3,(H,20,22)(H,21,23). The Morgan fingerprint density at radius 2 is 1.87 bits per heavy atom. The number of aromatic nitrogens is 1. The van der Waals surface area contributed by atoms with E-state index >= 15 is 0 Å². The second-order valence-corrected chi connectivity index (χ2v) is 5.21. The van der Waals surface area contributed by atoms with Crippen LogP contribution in [0.2, 0.25) is 0 Å². The third-order valence-corrected chi connectivity index (χ3v) is 3.41. The average molecular weight is 324 g/mol. The van der Waals surface area contributed by atoms with E-state index in [9.17, 15) is 22.8 Å². The van der Waals surface area contributed by atoms with E-state index in [2.05, 4.69) is 10.3 Å². The van der Waals surface area contributed by atoms with Crippen LogP contribution in [0.5, 0.6) is 0 Å². The Bertz CT molecular complexity index is 795. The van der Waals surface area contributed by atoms with Crippen LogP contribution in [0.3, 0.4) is 0 Å². The fraction of sp³-hybridized carbons (Fsp3) is 0.250. The molecule has 0 aliphatic carbocycles. The molecule has 2 N–H and O–H groups in total. The van der Waals surface area contributed by atoms with E-state index in [4.69, 9.17) is 0 Å². The highest BCUT2D eigenvalue weighted by molar-refractivity contribution is 5.93. The smallest absolute Gasteiger partial charge is 0.348 e. The van der Waals surface area contributed by atoms with Gasteiger partial charge in [0.1, 0.15) is 5.56 Å². The summed E-state index contributed by atoms with van der Waals surface area (Å²) in [5.74, 6) is -0.578. The molecule has 23 heavy (non-hydrogen) atoms. The van der Waals surface area contributed by atoms with Gasteiger partial charge < -0.3 is 10.3 Å². The highest BCUT2D eigenvalue weighted by Gasteiger charge is 2.30. The van der Waals surface area contributed by atoms with Gasteiger partial charge in [-0.05, 0) is 49.2 Å². The van der Waals surface area contributed by atoms with Gasteiger partial charge in [-0.15, -0.1) is 0 Å². The summed E-state index contributed by atoms with van der Waals surface area (Å²) in [7, 11) is 0. The van der Waals surface area contributed by atoms with Crippen LogP contribution >= 0.6 is 0 Å². The van der Waals surface area contributed by atoms with Crippen LogP contribution in [0.15, 0.2) is 35.1 Å². The first kappa shape index (κ1) is 16.8. The fourth-order valence-electron chi connectivity index (χ4n) is 2.09. The lowest BCUT2D eigenvalue weighted by molar-refractivity contribution is -0.137. The predicted molar refractivity (Wildman–Crippen MR) is 79.2 cm³/mol. The summed E-state index contributed by atoms with van der Waals surface area (Å²) in [4.78, 5) is 26.2. The second kappa shape index (κ2) is 6.28. The Kier molecular flexibility index (Phi) is 4.58. The number of pyridine rings is 1. The van der Waals surface area contributed by atoms with E-state index in [1.54, 1.807) is 13.0 Å². The number of H-pyrrole nitrogens is 1. The lowest BCUT2D eigenvalue weighted by Gasteiger charge is -2.12. The van der Waals surface area contributed by atoms with Gasteiger partial charge in [0.2, 0.25) is 0 Å². The highest BCUT2D eigenvalue weighted by Crippen LogP contribution is 2.30. The molecule has 1 amide bonds. The average Bonchev–Trinajstić information content (AvgIpc) is 2.44. The third kappa shape index (κ3) is 4.00. The summed E-state index contributed by atoms with van der Waals surface area (Å²) in [6.45, 7) is 3.26. The van der Waals surface area contributed by atoms with Gasteiger partial charge in [0.05, 0.1) is 5.56 Å². The van der Waals surface area contributed by atoms with E-state index < -0.39 is 23.2 Å². The molecule has 0 aliphatic heterocycles. The maximum Gasteiger partial charge on any atom is 0.416 e. The van der Waals surface area contributed by atoms with Crippen LogP contribution in [-0.2, 0) is 12.7 Å². The third-order valence-electron chi connectivity index (χ3n) is 3.41. The van der Waals surface area contributed by atoms with Gasteiger partial charge in [0.15, 0.2) is 0 Å². The molecule has 7 heteroatoms. The molecule has 4 nitrogen and oxygen atoms in total. The molecule has 0 bridgehead atoms. The zero-order valence-corrected chi connectivity index (χ0v) is 12.5. The lowest BCUT2D eigenvalue weighted by Crippen LogP contribution is -2.29. The highest BCUT2D eigenvalue weighted by atomic mass is 19.4. The summed E-state index contributed by atoms with van der Waals surface area (Å²) in [6, 6.07) is 6.31. The summed E-state index contributed by atoms with van der Waals surface area (Å²) in [6.07, 6.45) is -4.40. The molecule has 0 radical (unpaired) electrons. The van der Waals surface area contributed by atoms with Crippen LogP contribution in [0.4, 0.5) is 13.2 Å². The van der Waals surface area contributed by atoms with Gasteiger partial charge in [-0.25, -0.2) is 0 Å². The first-order valence-corrected chi connectivity index (χ1v) is 6.83. The molecule has 0 unspecified atom stereocenters. The van der Waals surface area contributed by atoms with Gasteiger partial charge in [-0.3, -0.25) is 9.59 Å². The van der Waals surface area contributed by atoms with Gasteiger partial charge in [-0.2, -0.15) is 13.2 Å². The fourth-order valence-corrected chi connectivity index (χ4v) is 2.09. The topological polar surface area (TPSA) is 62.0 Å². The Morgan fingerprint density at radius 3 is 2.43 bits per heavy atom. The maximum atomic E-state index is 12.6. The number of hydrogen-bond acceptors (Lipinski definition) is 2. The van der Waals surface area contributed by atoms with Crippen molar-refractivity contribution in [2.24, 2.45) is 0 Å². The monoisotopic (exact) mass is 324 g/mol. The van der Waals surface area contributed by atoms with Gasteiger partial charge in [-0.1, -0.05) is 6.07 Å². The molecule has 0 aliphatic rings. The van der Waals surface area contributed by atoms with E-state index in [1.807, 2.05) is 0 Å². The van der Waals surface area contributed by atoms with Crippen molar-refractivity contribution in [3.05, 3.63) is 68.6 Å². The number of aromatic amines is 1. The number of alkyl halides is 3. The number of benzene rings is 1. The van der Waals surface area contributed by atoms with Crippen molar-refractivity contribution in [1.29, 1.82) is 0 Å². The first-order chi connectivity index (χ1) is 10.7. The molecular formula is C16H15F3N2O2. The number of amides is 1. The quantitative estimate of drug-likeness (QED) is 0.912. The number of halogens is 3. The Hall–Kier alpha value is -2.57.